The van der Waals surface area contributed by atoms with Crippen molar-refractivity contribution in [1.29, 1.82) is 0 Å². The fourth-order valence-corrected chi connectivity index (χ4v) is 4.92. The molecule has 2 aliphatic heterocycles. The average molecular weight is 548 g/mol. The zero-order valence-electron chi connectivity index (χ0n) is 22.1. The predicted molar refractivity (Wildman–Crippen MR) is 138 cm³/mol. The molecule has 0 unspecified atom stereocenters. The first-order chi connectivity index (χ1) is 18.5. The molecular formula is C26H37N5O8. The summed E-state index contributed by atoms with van der Waals surface area (Å²) in [5.41, 5.74) is 6.02. The smallest absolute Gasteiger partial charge is 0.408 e. The van der Waals surface area contributed by atoms with Crippen LogP contribution in [0.2, 0.25) is 0 Å². The highest BCUT2D eigenvalue weighted by Crippen LogP contribution is 2.26. The van der Waals surface area contributed by atoms with E-state index in [0.717, 1.165) is 5.56 Å². The fraction of sp³-hybridized carbons (Fsp3) is 0.577. The number of nitrogens with one attached hydrogen (secondary N) is 2. The Labute approximate surface area is 226 Å². The van der Waals surface area contributed by atoms with E-state index >= 15 is 0 Å². The van der Waals surface area contributed by atoms with E-state index in [1.807, 2.05) is 6.07 Å². The standard InChI is InChI=1S/C26H37N5O8/c1-15(32)20(22(27)34)28-23(35)18-10-6-12-30(18)24(36)19-11-7-13-31(19)25(37)21(16(2)33)29-26(38)39-14-17-8-4-3-5-9-17/h3-5,8-9,15-16,18-21,32-33H,6-7,10-14H2,1-2H3,(H2,27,34)(H,28,35)(H,29,38)/t15-,16-,18+,19-,20+,21+/m1/s1. The Morgan fingerprint density at radius 2 is 1.51 bits per heavy atom. The molecule has 6 atom stereocenters. The van der Waals surface area contributed by atoms with Gasteiger partial charge in [0.25, 0.3) is 0 Å². The van der Waals surface area contributed by atoms with Crippen molar-refractivity contribution in [3.8, 4) is 0 Å². The van der Waals surface area contributed by atoms with Gasteiger partial charge in [-0.05, 0) is 45.1 Å². The van der Waals surface area contributed by atoms with Gasteiger partial charge in [-0.25, -0.2) is 4.79 Å². The minimum Gasteiger partial charge on any atom is -0.445 e. The monoisotopic (exact) mass is 547 g/mol. The Kier molecular flexibility index (Phi) is 10.2. The first kappa shape index (κ1) is 29.8. The SMILES string of the molecule is C[C@@H](O)[C@H](NC(=O)[C@@H]1CCCN1C(=O)[C@H]1CCCN1C(=O)[C@@H](NC(=O)OCc1ccccc1)[C@@H](C)O)C(N)=O. The van der Waals surface area contributed by atoms with Gasteiger partial charge in [-0.2, -0.15) is 0 Å². The maximum absolute atomic E-state index is 13.5. The van der Waals surface area contributed by atoms with E-state index in [4.69, 9.17) is 10.5 Å². The third kappa shape index (κ3) is 7.45. The minimum atomic E-state index is -1.35. The van der Waals surface area contributed by atoms with Gasteiger partial charge in [0.2, 0.25) is 23.6 Å². The molecule has 2 saturated heterocycles. The van der Waals surface area contributed by atoms with Crippen LogP contribution in [0, 0.1) is 0 Å². The maximum atomic E-state index is 13.5. The molecule has 0 aromatic heterocycles. The zero-order chi connectivity index (χ0) is 28.7. The molecule has 214 valence electrons. The van der Waals surface area contributed by atoms with Crippen molar-refractivity contribution in [2.75, 3.05) is 13.1 Å². The number of nitrogens with two attached hydrogens (primary N) is 1. The van der Waals surface area contributed by atoms with Gasteiger partial charge < -0.3 is 41.1 Å². The number of carbonyl (C=O) groups excluding carboxylic acids is 5. The third-order valence-corrected chi connectivity index (χ3v) is 6.98. The molecule has 13 nitrogen and oxygen atoms in total. The lowest BCUT2D eigenvalue weighted by molar-refractivity contribution is -0.148. The van der Waals surface area contributed by atoms with E-state index in [1.165, 1.54) is 23.6 Å². The molecule has 5 amide bonds. The number of carbonyl (C=O) groups is 5. The van der Waals surface area contributed by atoms with Crippen LogP contribution < -0.4 is 16.4 Å². The van der Waals surface area contributed by atoms with Crippen molar-refractivity contribution in [3.05, 3.63) is 35.9 Å². The first-order valence-electron chi connectivity index (χ1n) is 13.0. The van der Waals surface area contributed by atoms with Crippen LogP contribution in [0.15, 0.2) is 30.3 Å². The number of likely N-dealkylation sites (tertiary alicyclic amines) is 2. The highest BCUT2D eigenvalue weighted by molar-refractivity contribution is 5.96. The van der Waals surface area contributed by atoms with Crippen LogP contribution in [-0.4, -0.2) is 99.2 Å². The van der Waals surface area contributed by atoms with Crippen molar-refractivity contribution in [2.24, 2.45) is 5.73 Å². The number of hydrogen-bond acceptors (Lipinski definition) is 8. The van der Waals surface area contributed by atoms with Crippen LogP contribution in [-0.2, 0) is 30.5 Å². The van der Waals surface area contributed by atoms with Crippen molar-refractivity contribution in [3.63, 3.8) is 0 Å². The quantitative estimate of drug-likeness (QED) is 0.246. The largest absolute Gasteiger partial charge is 0.445 e. The summed E-state index contributed by atoms with van der Waals surface area (Å²) in [5.74, 6) is -2.60. The maximum Gasteiger partial charge on any atom is 0.408 e. The van der Waals surface area contributed by atoms with Gasteiger partial charge in [-0.3, -0.25) is 19.2 Å². The number of alkyl carbamates (subject to hydrolysis) is 1. The lowest BCUT2D eigenvalue weighted by atomic mass is 10.1. The van der Waals surface area contributed by atoms with E-state index < -0.39 is 66.1 Å². The number of benzene rings is 1. The fourth-order valence-electron chi connectivity index (χ4n) is 4.92. The zero-order valence-corrected chi connectivity index (χ0v) is 22.1. The van der Waals surface area contributed by atoms with Gasteiger partial charge in [-0.15, -0.1) is 0 Å². The predicted octanol–water partition coefficient (Wildman–Crippen LogP) is -1.00. The molecule has 39 heavy (non-hydrogen) atoms. The Bertz CT molecular complexity index is 1050. The molecule has 6 N–H and O–H groups in total. The second-order valence-corrected chi connectivity index (χ2v) is 9.93. The van der Waals surface area contributed by atoms with Crippen molar-refractivity contribution in [1.82, 2.24) is 20.4 Å². The number of rotatable bonds is 10. The Balaban J connectivity index is 1.66. The van der Waals surface area contributed by atoms with Gasteiger partial charge in [0, 0.05) is 13.1 Å². The molecule has 13 heteroatoms. The van der Waals surface area contributed by atoms with Crippen LogP contribution >= 0.6 is 0 Å². The van der Waals surface area contributed by atoms with Gasteiger partial charge in [-0.1, -0.05) is 30.3 Å². The highest BCUT2D eigenvalue weighted by Gasteiger charge is 2.44. The van der Waals surface area contributed by atoms with E-state index in [9.17, 15) is 34.2 Å². The van der Waals surface area contributed by atoms with Gasteiger partial charge in [0.1, 0.15) is 30.8 Å². The molecular weight excluding hydrogens is 510 g/mol. The summed E-state index contributed by atoms with van der Waals surface area (Å²) in [6, 6.07) is 4.52. The van der Waals surface area contributed by atoms with Gasteiger partial charge in [0.15, 0.2) is 0 Å². The summed E-state index contributed by atoms with van der Waals surface area (Å²) in [4.78, 5) is 66.5. The molecule has 0 radical (unpaired) electrons. The lowest BCUT2D eigenvalue weighted by Gasteiger charge is -2.33. The lowest BCUT2D eigenvalue weighted by Crippen LogP contribution is -2.59. The molecule has 0 spiro atoms. The number of nitrogens with zero attached hydrogens (tertiary/aromatic N) is 2. The molecule has 1 aromatic carbocycles. The Morgan fingerprint density at radius 1 is 0.923 bits per heavy atom. The highest BCUT2D eigenvalue weighted by atomic mass is 16.5. The number of aliphatic hydroxyl groups excluding tert-OH is 2. The van der Waals surface area contributed by atoms with Crippen molar-refractivity contribution >= 4 is 29.7 Å². The summed E-state index contributed by atoms with van der Waals surface area (Å²) in [6.07, 6.45) is -1.64. The van der Waals surface area contributed by atoms with Crippen LogP contribution in [0.1, 0.15) is 45.1 Å². The Morgan fingerprint density at radius 3 is 2.10 bits per heavy atom. The van der Waals surface area contributed by atoms with Crippen molar-refractivity contribution in [2.45, 2.75) is 82.5 Å². The Hall–Kier alpha value is -3.71. The number of amides is 5. The molecule has 3 rings (SSSR count). The molecule has 0 bridgehead atoms. The summed E-state index contributed by atoms with van der Waals surface area (Å²) in [5, 5.41) is 24.9. The number of primary amides is 1. The normalized spacial score (nSPS) is 21.9. The van der Waals surface area contributed by atoms with E-state index in [2.05, 4.69) is 10.6 Å². The van der Waals surface area contributed by atoms with Crippen molar-refractivity contribution < 1.29 is 38.9 Å². The topological polar surface area (TPSA) is 192 Å². The molecule has 0 saturated carbocycles. The summed E-state index contributed by atoms with van der Waals surface area (Å²) in [6.45, 7) is 3.15. The molecule has 2 aliphatic rings. The van der Waals surface area contributed by atoms with E-state index in [-0.39, 0.29) is 19.7 Å². The number of ether oxygens (including phenoxy) is 1. The van der Waals surface area contributed by atoms with Gasteiger partial charge in [0.05, 0.1) is 12.2 Å². The molecule has 0 aliphatic carbocycles. The molecule has 1 aromatic rings. The second-order valence-electron chi connectivity index (χ2n) is 9.93. The van der Waals surface area contributed by atoms with Crippen LogP contribution in [0.5, 0.6) is 0 Å². The average Bonchev–Trinajstić information content (AvgIpc) is 3.59. The second kappa shape index (κ2) is 13.4. The van der Waals surface area contributed by atoms with Crippen LogP contribution in [0.4, 0.5) is 4.79 Å². The minimum absolute atomic E-state index is 0.0255. The van der Waals surface area contributed by atoms with Gasteiger partial charge >= 0.3 is 6.09 Å². The third-order valence-electron chi connectivity index (χ3n) is 6.98. The van der Waals surface area contributed by atoms with Crippen LogP contribution in [0.3, 0.4) is 0 Å². The molecule has 2 heterocycles. The van der Waals surface area contributed by atoms with Crippen LogP contribution in [0.25, 0.3) is 0 Å². The molecule has 2 fully saturated rings. The van der Waals surface area contributed by atoms with E-state index in [0.29, 0.717) is 25.7 Å². The number of hydrogen-bond donors (Lipinski definition) is 5. The first-order valence-corrected chi connectivity index (χ1v) is 13.0. The number of aliphatic hydroxyl groups is 2. The summed E-state index contributed by atoms with van der Waals surface area (Å²) >= 11 is 0. The van der Waals surface area contributed by atoms with E-state index in [1.54, 1.807) is 24.3 Å². The summed E-state index contributed by atoms with van der Waals surface area (Å²) < 4.78 is 5.18. The summed E-state index contributed by atoms with van der Waals surface area (Å²) in [7, 11) is 0.